The highest BCUT2D eigenvalue weighted by Gasteiger charge is 2.35. The SMILES string of the molecule is CC(C)C1C(C)CCCCC2CCC=CC21. The van der Waals surface area contributed by atoms with Gasteiger partial charge in [0.05, 0.1) is 0 Å². The van der Waals surface area contributed by atoms with Crippen molar-refractivity contribution in [2.45, 2.75) is 59.3 Å². The molecule has 0 radical (unpaired) electrons. The van der Waals surface area contributed by atoms with E-state index >= 15 is 0 Å². The Morgan fingerprint density at radius 2 is 1.81 bits per heavy atom. The minimum atomic E-state index is 0.850. The van der Waals surface area contributed by atoms with Gasteiger partial charge in [-0.15, -0.1) is 0 Å². The second-order valence-corrected chi connectivity index (χ2v) is 6.43. The lowest BCUT2D eigenvalue weighted by molar-refractivity contribution is 0.116. The molecule has 2 rings (SSSR count). The van der Waals surface area contributed by atoms with Crippen molar-refractivity contribution in [1.82, 2.24) is 0 Å². The molecule has 0 spiro atoms. The summed E-state index contributed by atoms with van der Waals surface area (Å²) in [5.74, 6) is 4.60. The fourth-order valence-electron chi connectivity index (χ4n) is 4.24. The Morgan fingerprint density at radius 1 is 1.06 bits per heavy atom. The van der Waals surface area contributed by atoms with Gasteiger partial charge in [-0.25, -0.2) is 0 Å². The monoisotopic (exact) mass is 220 g/mol. The molecule has 0 nitrogen and oxygen atoms in total. The first-order valence-corrected chi connectivity index (χ1v) is 7.37. The van der Waals surface area contributed by atoms with Gasteiger partial charge in [-0.3, -0.25) is 0 Å². The van der Waals surface area contributed by atoms with Crippen molar-refractivity contribution >= 4 is 0 Å². The van der Waals surface area contributed by atoms with Gasteiger partial charge in [-0.05, 0) is 48.9 Å². The lowest BCUT2D eigenvalue weighted by Crippen LogP contribution is -2.33. The predicted molar refractivity (Wildman–Crippen MR) is 71.3 cm³/mol. The molecule has 1 fully saturated rings. The second kappa shape index (κ2) is 5.38. The third-order valence-electron chi connectivity index (χ3n) is 4.96. The molecule has 0 amide bonds. The molecule has 0 aliphatic heterocycles. The highest BCUT2D eigenvalue weighted by atomic mass is 14.4. The Bertz CT molecular complexity index is 238. The quantitative estimate of drug-likeness (QED) is 0.542. The molecule has 92 valence electrons. The van der Waals surface area contributed by atoms with Crippen LogP contribution in [0.4, 0.5) is 0 Å². The molecule has 1 saturated carbocycles. The average molecular weight is 220 g/mol. The van der Waals surface area contributed by atoms with Crippen molar-refractivity contribution in [3.05, 3.63) is 12.2 Å². The molecule has 0 N–H and O–H groups in total. The normalized spacial score (nSPS) is 40.2. The minimum Gasteiger partial charge on any atom is -0.0882 e. The van der Waals surface area contributed by atoms with Gasteiger partial charge in [0, 0.05) is 0 Å². The van der Waals surface area contributed by atoms with Crippen molar-refractivity contribution in [3.63, 3.8) is 0 Å². The summed E-state index contributed by atoms with van der Waals surface area (Å²) in [5.41, 5.74) is 0. The van der Waals surface area contributed by atoms with Crippen LogP contribution >= 0.6 is 0 Å². The molecule has 4 atom stereocenters. The number of fused-ring (bicyclic) bond motifs is 1. The van der Waals surface area contributed by atoms with Gasteiger partial charge < -0.3 is 0 Å². The zero-order valence-corrected chi connectivity index (χ0v) is 11.3. The first-order chi connectivity index (χ1) is 7.70. The molecule has 2 aliphatic carbocycles. The topological polar surface area (TPSA) is 0 Å². The molecule has 16 heavy (non-hydrogen) atoms. The van der Waals surface area contributed by atoms with E-state index in [1.54, 1.807) is 0 Å². The molecule has 0 aromatic heterocycles. The van der Waals surface area contributed by atoms with Crippen LogP contribution in [0, 0.1) is 29.6 Å². The third kappa shape index (κ3) is 2.52. The van der Waals surface area contributed by atoms with Gasteiger partial charge in [0.2, 0.25) is 0 Å². The average Bonchev–Trinajstić information content (AvgIpc) is 2.23. The van der Waals surface area contributed by atoms with E-state index in [0.717, 1.165) is 29.6 Å². The van der Waals surface area contributed by atoms with Gasteiger partial charge in [-0.2, -0.15) is 0 Å². The molecular formula is C16H28. The zero-order chi connectivity index (χ0) is 11.5. The summed E-state index contributed by atoms with van der Waals surface area (Å²) in [5, 5.41) is 0. The number of allylic oxidation sites excluding steroid dienone is 2. The molecule has 0 heteroatoms. The van der Waals surface area contributed by atoms with E-state index in [2.05, 4.69) is 32.9 Å². The van der Waals surface area contributed by atoms with E-state index in [1.165, 1.54) is 38.5 Å². The van der Waals surface area contributed by atoms with Crippen molar-refractivity contribution in [2.24, 2.45) is 29.6 Å². The minimum absolute atomic E-state index is 0.850. The first-order valence-electron chi connectivity index (χ1n) is 7.37. The molecule has 0 saturated heterocycles. The van der Waals surface area contributed by atoms with Gasteiger partial charge in [0.25, 0.3) is 0 Å². The summed E-state index contributed by atoms with van der Waals surface area (Å²) in [6.07, 6.45) is 13.7. The van der Waals surface area contributed by atoms with Crippen LogP contribution < -0.4 is 0 Å². The van der Waals surface area contributed by atoms with Crippen LogP contribution in [-0.2, 0) is 0 Å². The maximum Gasteiger partial charge on any atom is -0.0172 e. The van der Waals surface area contributed by atoms with Gasteiger partial charge in [-0.1, -0.05) is 52.2 Å². The Balaban J connectivity index is 2.19. The Hall–Kier alpha value is -0.260. The Kier molecular flexibility index (Phi) is 4.10. The lowest BCUT2D eigenvalue weighted by Gasteiger charge is -2.41. The van der Waals surface area contributed by atoms with Gasteiger partial charge >= 0.3 is 0 Å². The van der Waals surface area contributed by atoms with Crippen molar-refractivity contribution in [1.29, 1.82) is 0 Å². The van der Waals surface area contributed by atoms with Crippen LogP contribution in [0.3, 0.4) is 0 Å². The summed E-state index contributed by atoms with van der Waals surface area (Å²) < 4.78 is 0. The first kappa shape index (κ1) is 12.2. The number of rotatable bonds is 1. The number of hydrogen-bond donors (Lipinski definition) is 0. The standard InChI is InChI=1S/C16H28/c1-12(2)16-13(3)8-4-5-9-14-10-6-7-11-15(14)16/h7,11-16H,4-6,8-10H2,1-3H3. The highest BCUT2D eigenvalue weighted by Crippen LogP contribution is 2.43. The Morgan fingerprint density at radius 3 is 2.56 bits per heavy atom. The molecule has 0 aromatic carbocycles. The van der Waals surface area contributed by atoms with E-state index in [-0.39, 0.29) is 0 Å². The van der Waals surface area contributed by atoms with Crippen molar-refractivity contribution < 1.29 is 0 Å². The fourth-order valence-corrected chi connectivity index (χ4v) is 4.24. The van der Waals surface area contributed by atoms with E-state index in [1.807, 2.05) is 0 Å². The molecule has 0 aromatic rings. The van der Waals surface area contributed by atoms with E-state index < -0.39 is 0 Å². The van der Waals surface area contributed by atoms with Crippen LogP contribution in [-0.4, -0.2) is 0 Å². The van der Waals surface area contributed by atoms with Crippen LogP contribution in [0.25, 0.3) is 0 Å². The largest absolute Gasteiger partial charge is 0.0882 e. The van der Waals surface area contributed by atoms with Crippen molar-refractivity contribution in [3.8, 4) is 0 Å². The summed E-state index contributed by atoms with van der Waals surface area (Å²) in [7, 11) is 0. The predicted octanol–water partition coefficient (Wildman–Crippen LogP) is 5.05. The van der Waals surface area contributed by atoms with Crippen LogP contribution in [0.1, 0.15) is 59.3 Å². The van der Waals surface area contributed by atoms with Crippen molar-refractivity contribution in [2.75, 3.05) is 0 Å². The Labute approximate surface area is 102 Å². The maximum absolute atomic E-state index is 2.57. The molecular weight excluding hydrogens is 192 g/mol. The smallest absolute Gasteiger partial charge is 0.0172 e. The fraction of sp³-hybridized carbons (Fsp3) is 0.875. The van der Waals surface area contributed by atoms with E-state index in [4.69, 9.17) is 0 Å². The number of hydrogen-bond acceptors (Lipinski definition) is 0. The van der Waals surface area contributed by atoms with Crippen LogP contribution in [0.5, 0.6) is 0 Å². The summed E-state index contributed by atoms with van der Waals surface area (Å²) >= 11 is 0. The molecule has 4 unspecified atom stereocenters. The summed E-state index contributed by atoms with van der Waals surface area (Å²) in [6, 6.07) is 0. The van der Waals surface area contributed by atoms with E-state index in [9.17, 15) is 0 Å². The molecule has 2 aliphatic rings. The van der Waals surface area contributed by atoms with E-state index in [0.29, 0.717) is 0 Å². The maximum atomic E-state index is 2.57. The third-order valence-corrected chi connectivity index (χ3v) is 4.96. The summed E-state index contributed by atoms with van der Waals surface area (Å²) in [6.45, 7) is 7.36. The second-order valence-electron chi connectivity index (χ2n) is 6.43. The van der Waals surface area contributed by atoms with Gasteiger partial charge in [0.1, 0.15) is 0 Å². The zero-order valence-electron chi connectivity index (χ0n) is 11.3. The van der Waals surface area contributed by atoms with Crippen LogP contribution in [0.2, 0.25) is 0 Å². The summed E-state index contributed by atoms with van der Waals surface area (Å²) in [4.78, 5) is 0. The lowest BCUT2D eigenvalue weighted by atomic mass is 9.64. The molecule has 0 bridgehead atoms. The van der Waals surface area contributed by atoms with Gasteiger partial charge in [0.15, 0.2) is 0 Å². The van der Waals surface area contributed by atoms with Crippen LogP contribution in [0.15, 0.2) is 12.2 Å². The molecule has 0 heterocycles. The highest BCUT2D eigenvalue weighted by molar-refractivity contribution is 5.01.